The van der Waals surface area contributed by atoms with Crippen LogP contribution in [0.25, 0.3) is 0 Å². The summed E-state index contributed by atoms with van der Waals surface area (Å²) in [5.74, 6) is -1.30. The van der Waals surface area contributed by atoms with E-state index in [1.54, 1.807) is 24.3 Å². The quantitative estimate of drug-likeness (QED) is 0.845. The Morgan fingerprint density at radius 2 is 1.90 bits per heavy atom. The average molecular weight is 314 g/mol. The molecule has 0 atom stereocenters. The van der Waals surface area contributed by atoms with Crippen molar-refractivity contribution in [3.05, 3.63) is 63.4 Å². The molecular weight excluding hydrogens is 304 g/mol. The van der Waals surface area contributed by atoms with Crippen molar-refractivity contribution in [2.75, 3.05) is 5.32 Å². The lowest BCUT2D eigenvalue weighted by atomic mass is 10.1. The summed E-state index contributed by atoms with van der Waals surface area (Å²) in [5.41, 5.74) is 0.958. The normalized spacial score (nSPS) is 10.4. The zero-order chi connectivity index (χ0) is 14.7. The highest BCUT2D eigenvalue weighted by molar-refractivity contribution is 6.37. The maximum atomic E-state index is 13.4. The van der Waals surface area contributed by atoms with Crippen LogP contribution in [0.1, 0.15) is 15.9 Å². The van der Waals surface area contributed by atoms with Crippen LogP contribution < -0.4 is 5.32 Å². The van der Waals surface area contributed by atoms with E-state index in [0.717, 1.165) is 6.07 Å². The van der Waals surface area contributed by atoms with Gasteiger partial charge >= 0.3 is 0 Å². The molecule has 20 heavy (non-hydrogen) atoms. The van der Waals surface area contributed by atoms with Crippen molar-refractivity contribution in [3.63, 3.8) is 0 Å². The summed E-state index contributed by atoms with van der Waals surface area (Å²) in [7, 11) is 0. The van der Waals surface area contributed by atoms with Crippen LogP contribution in [0.15, 0.2) is 36.4 Å². The summed E-state index contributed by atoms with van der Waals surface area (Å²) in [6, 6.07) is 8.88. The number of aliphatic hydroxyl groups is 1. The Morgan fingerprint density at radius 1 is 1.20 bits per heavy atom. The third kappa shape index (κ3) is 3.10. The topological polar surface area (TPSA) is 49.3 Å². The van der Waals surface area contributed by atoms with E-state index in [1.165, 1.54) is 6.07 Å². The molecule has 6 heteroatoms. The van der Waals surface area contributed by atoms with Crippen LogP contribution in [0.5, 0.6) is 0 Å². The van der Waals surface area contributed by atoms with Crippen LogP contribution in [-0.2, 0) is 6.61 Å². The van der Waals surface area contributed by atoms with Crippen LogP contribution in [-0.4, -0.2) is 11.0 Å². The Kier molecular flexibility index (Phi) is 4.60. The second-order valence-corrected chi connectivity index (χ2v) is 4.83. The van der Waals surface area contributed by atoms with Gasteiger partial charge in [-0.15, -0.1) is 0 Å². The Bertz CT molecular complexity index is 662. The van der Waals surface area contributed by atoms with Gasteiger partial charge in [0.05, 0.1) is 22.2 Å². The number of halogens is 3. The van der Waals surface area contributed by atoms with Crippen molar-refractivity contribution in [1.82, 2.24) is 0 Å². The van der Waals surface area contributed by atoms with Crippen molar-refractivity contribution in [2.24, 2.45) is 0 Å². The molecule has 0 radical (unpaired) electrons. The molecule has 2 aromatic rings. The van der Waals surface area contributed by atoms with Crippen molar-refractivity contribution < 1.29 is 14.3 Å². The molecule has 2 rings (SSSR count). The van der Waals surface area contributed by atoms with Crippen molar-refractivity contribution in [1.29, 1.82) is 0 Å². The molecule has 0 fully saturated rings. The lowest BCUT2D eigenvalue weighted by molar-refractivity contribution is 0.102. The third-order valence-electron chi connectivity index (χ3n) is 2.69. The number of rotatable bonds is 3. The second kappa shape index (κ2) is 6.22. The van der Waals surface area contributed by atoms with Gasteiger partial charge in [0.15, 0.2) is 0 Å². The maximum Gasteiger partial charge on any atom is 0.257 e. The fourth-order valence-corrected chi connectivity index (χ4v) is 2.14. The lowest BCUT2D eigenvalue weighted by Gasteiger charge is -2.10. The number of carbonyl (C=O) groups excluding carboxylic acids is 1. The molecular formula is C14H10Cl2FNO2. The number of para-hydroxylation sites is 1. The van der Waals surface area contributed by atoms with Gasteiger partial charge in [-0.05, 0) is 18.2 Å². The fourth-order valence-electron chi connectivity index (χ4n) is 1.67. The van der Waals surface area contributed by atoms with Gasteiger partial charge in [-0.25, -0.2) is 4.39 Å². The van der Waals surface area contributed by atoms with Crippen LogP contribution in [0.2, 0.25) is 10.0 Å². The number of carbonyl (C=O) groups is 1. The average Bonchev–Trinajstić information content (AvgIpc) is 2.43. The Hall–Kier alpha value is -1.62. The van der Waals surface area contributed by atoms with Crippen LogP contribution in [0, 0.1) is 5.82 Å². The van der Waals surface area contributed by atoms with Crippen LogP contribution >= 0.6 is 23.2 Å². The minimum Gasteiger partial charge on any atom is -0.392 e. The number of anilines is 1. The van der Waals surface area contributed by atoms with E-state index in [4.69, 9.17) is 23.2 Å². The monoisotopic (exact) mass is 313 g/mol. The molecule has 0 aromatic heterocycles. The number of hydrogen-bond acceptors (Lipinski definition) is 2. The molecule has 0 spiro atoms. The van der Waals surface area contributed by atoms with E-state index in [-0.39, 0.29) is 22.2 Å². The van der Waals surface area contributed by atoms with E-state index in [9.17, 15) is 14.3 Å². The summed E-state index contributed by atoms with van der Waals surface area (Å²) < 4.78 is 13.4. The molecule has 1 amide bonds. The highest BCUT2D eigenvalue weighted by Gasteiger charge is 2.15. The molecule has 0 unspecified atom stereocenters. The van der Waals surface area contributed by atoms with Gasteiger partial charge in [0, 0.05) is 11.3 Å². The number of hydrogen-bond donors (Lipinski definition) is 2. The van der Waals surface area contributed by atoms with Crippen molar-refractivity contribution in [2.45, 2.75) is 6.61 Å². The van der Waals surface area contributed by atoms with Gasteiger partial charge in [0.2, 0.25) is 0 Å². The van der Waals surface area contributed by atoms with Gasteiger partial charge in [-0.1, -0.05) is 41.4 Å². The highest BCUT2D eigenvalue weighted by atomic mass is 35.5. The summed E-state index contributed by atoms with van der Waals surface area (Å²) >= 11 is 11.4. The summed E-state index contributed by atoms with van der Waals surface area (Å²) in [6.07, 6.45) is 0. The molecule has 0 saturated heterocycles. The standard InChI is InChI=1S/C14H10Cl2FNO2/c15-10-6-11(16)12(17)5-9(10)14(20)18-13-4-2-1-3-8(13)7-19/h1-6,19H,7H2,(H,18,20). The Morgan fingerprint density at radius 3 is 2.60 bits per heavy atom. The van der Waals surface area contributed by atoms with Gasteiger partial charge in [-0.3, -0.25) is 4.79 Å². The zero-order valence-electron chi connectivity index (χ0n) is 10.2. The van der Waals surface area contributed by atoms with Gasteiger partial charge in [0.25, 0.3) is 5.91 Å². The van der Waals surface area contributed by atoms with Gasteiger partial charge < -0.3 is 10.4 Å². The van der Waals surface area contributed by atoms with Gasteiger partial charge in [0.1, 0.15) is 5.82 Å². The van der Waals surface area contributed by atoms with E-state index in [1.807, 2.05) is 0 Å². The van der Waals surface area contributed by atoms with Crippen LogP contribution in [0.3, 0.4) is 0 Å². The number of aliphatic hydroxyl groups excluding tert-OH is 1. The minimum atomic E-state index is -0.725. The fraction of sp³-hybridized carbons (Fsp3) is 0.0714. The molecule has 3 nitrogen and oxygen atoms in total. The first-order valence-electron chi connectivity index (χ1n) is 5.67. The highest BCUT2D eigenvalue weighted by Crippen LogP contribution is 2.25. The van der Waals surface area contributed by atoms with Crippen molar-refractivity contribution in [3.8, 4) is 0 Å². The van der Waals surface area contributed by atoms with E-state index in [0.29, 0.717) is 11.3 Å². The van der Waals surface area contributed by atoms with E-state index in [2.05, 4.69) is 5.32 Å². The second-order valence-electron chi connectivity index (χ2n) is 4.02. The summed E-state index contributed by atoms with van der Waals surface area (Å²) in [6.45, 7) is -0.223. The van der Waals surface area contributed by atoms with Crippen molar-refractivity contribution >= 4 is 34.8 Å². The molecule has 2 N–H and O–H groups in total. The van der Waals surface area contributed by atoms with E-state index < -0.39 is 11.7 Å². The summed E-state index contributed by atoms with van der Waals surface area (Å²) in [5, 5.41) is 11.7. The predicted molar refractivity (Wildman–Crippen MR) is 76.7 cm³/mol. The molecule has 0 bridgehead atoms. The molecule has 104 valence electrons. The first-order valence-corrected chi connectivity index (χ1v) is 6.43. The first kappa shape index (κ1) is 14.8. The molecule has 0 aliphatic heterocycles. The van der Waals surface area contributed by atoms with Gasteiger partial charge in [-0.2, -0.15) is 0 Å². The molecule has 0 aliphatic carbocycles. The largest absolute Gasteiger partial charge is 0.392 e. The zero-order valence-corrected chi connectivity index (χ0v) is 11.7. The Balaban J connectivity index is 2.31. The maximum absolute atomic E-state index is 13.4. The first-order chi connectivity index (χ1) is 9.52. The molecule has 0 saturated carbocycles. The number of amides is 1. The number of benzene rings is 2. The SMILES string of the molecule is O=C(Nc1ccccc1CO)c1cc(F)c(Cl)cc1Cl. The van der Waals surface area contributed by atoms with E-state index >= 15 is 0 Å². The minimum absolute atomic E-state index is 0.0266. The summed E-state index contributed by atoms with van der Waals surface area (Å²) in [4.78, 5) is 12.1. The molecule has 0 heterocycles. The third-order valence-corrected chi connectivity index (χ3v) is 3.29. The van der Waals surface area contributed by atoms with Crippen LogP contribution in [0.4, 0.5) is 10.1 Å². The number of nitrogens with one attached hydrogen (secondary N) is 1. The molecule has 0 aliphatic rings. The predicted octanol–water partition coefficient (Wildman–Crippen LogP) is 3.88. The lowest BCUT2D eigenvalue weighted by Crippen LogP contribution is -2.14. The Labute approximate surface area is 124 Å². The smallest absolute Gasteiger partial charge is 0.257 e. The molecule has 2 aromatic carbocycles.